The summed E-state index contributed by atoms with van der Waals surface area (Å²) in [6, 6.07) is 15.1. The molecule has 0 saturated heterocycles. The SMILES string of the molecule is Nc1ccc2cc(-c3cccc(F)c3F)ccc2c1. The first-order valence-corrected chi connectivity index (χ1v) is 5.89. The van der Waals surface area contributed by atoms with Crippen molar-refractivity contribution in [2.45, 2.75) is 0 Å². The van der Waals surface area contributed by atoms with E-state index in [-0.39, 0.29) is 5.56 Å². The van der Waals surface area contributed by atoms with Gasteiger partial charge in [-0.1, -0.05) is 30.3 Å². The standard InChI is InChI=1S/C16H11F2N/c17-15-3-1-2-14(16(15)18)12-5-4-11-9-13(19)7-6-10(11)8-12/h1-9H,19H2. The monoisotopic (exact) mass is 255 g/mol. The summed E-state index contributed by atoms with van der Waals surface area (Å²) < 4.78 is 27.0. The molecule has 0 atom stereocenters. The predicted molar refractivity (Wildman–Crippen MR) is 73.7 cm³/mol. The van der Waals surface area contributed by atoms with Crippen molar-refractivity contribution in [3.63, 3.8) is 0 Å². The van der Waals surface area contributed by atoms with Gasteiger partial charge in [0.1, 0.15) is 0 Å². The van der Waals surface area contributed by atoms with Crippen molar-refractivity contribution in [3.8, 4) is 11.1 Å². The summed E-state index contributed by atoms with van der Waals surface area (Å²) in [7, 11) is 0. The molecule has 0 aliphatic carbocycles. The van der Waals surface area contributed by atoms with Gasteiger partial charge in [0.2, 0.25) is 0 Å². The van der Waals surface area contributed by atoms with Crippen LogP contribution in [0.5, 0.6) is 0 Å². The van der Waals surface area contributed by atoms with Crippen LogP contribution >= 0.6 is 0 Å². The van der Waals surface area contributed by atoms with Gasteiger partial charge >= 0.3 is 0 Å². The molecule has 0 aromatic heterocycles. The van der Waals surface area contributed by atoms with Gasteiger partial charge in [0, 0.05) is 11.3 Å². The molecule has 94 valence electrons. The summed E-state index contributed by atoms with van der Waals surface area (Å²) in [5, 5.41) is 1.91. The fourth-order valence-corrected chi connectivity index (χ4v) is 2.16. The molecule has 0 fully saturated rings. The zero-order valence-electron chi connectivity index (χ0n) is 10.0. The summed E-state index contributed by atoms with van der Waals surface area (Å²) in [6.07, 6.45) is 0. The highest BCUT2D eigenvalue weighted by Gasteiger charge is 2.09. The van der Waals surface area contributed by atoms with Gasteiger partial charge in [0.05, 0.1) is 0 Å². The number of hydrogen-bond acceptors (Lipinski definition) is 1. The third kappa shape index (κ3) is 2.03. The molecule has 3 aromatic carbocycles. The van der Waals surface area contributed by atoms with E-state index in [1.54, 1.807) is 18.2 Å². The summed E-state index contributed by atoms with van der Waals surface area (Å²) in [6.45, 7) is 0. The van der Waals surface area contributed by atoms with Crippen LogP contribution in [-0.4, -0.2) is 0 Å². The Morgan fingerprint density at radius 1 is 0.789 bits per heavy atom. The molecule has 3 aromatic rings. The van der Waals surface area contributed by atoms with E-state index in [0.717, 1.165) is 16.8 Å². The zero-order chi connectivity index (χ0) is 13.4. The molecular weight excluding hydrogens is 244 g/mol. The fraction of sp³-hybridized carbons (Fsp3) is 0. The fourth-order valence-electron chi connectivity index (χ4n) is 2.16. The largest absolute Gasteiger partial charge is 0.399 e. The highest BCUT2D eigenvalue weighted by molar-refractivity contribution is 5.89. The van der Waals surface area contributed by atoms with E-state index in [1.165, 1.54) is 6.07 Å². The lowest BCUT2D eigenvalue weighted by Crippen LogP contribution is -1.89. The van der Waals surface area contributed by atoms with Crippen LogP contribution in [0.4, 0.5) is 14.5 Å². The highest BCUT2D eigenvalue weighted by Crippen LogP contribution is 2.28. The van der Waals surface area contributed by atoms with Gasteiger partial charge in [0.25, 0.3) is 0 Å². The van der Waals surface area contributed by atoms with Gasteiger partial charge in [0.15, 0.2) is 11.6 Å². The summed E-state index contributed by atoms with van der Waals surface area (Å²) in [5.74, 6) is -1.66. The molecule has 0 spiro atoms. The number of benzene rings is 3. The minimum absolute atomic E-state index is 0.263. The van der Waals surface area contributed by atoms with Gasteiger partial charge in [-0.15, -0.1) is 0 Å². The summed E-state index contributed by atoms with van der Waals surface area (Å²) >= 11 is 0. The molecule has 0 bridgehead atoms. The Hall–Kier alpha value is -2.42. The minimum atomic E-state index is -0.838. The summed E-state index contributed by atoms with van der Waals surface area (Å²) in [4.78, 5) is 0. The van der Waals surface area contributed by atoms with E-state index in [1.807, 2.05) is 24.3 Å². The second kappa shape index (κ2) is 4.35. The van der Waals surface area contributed by atoms with Crippen LogP contribution in [0, 0.1) is 11.6 Å². The highest BCUT2D eigenvalue weighted by atomic mass is 19.2. The van der Waals surface area contributed by atoms with E-state index in [2.05, 4.69) is 0 Å². The maximum atomic E-state index is 13.8. The number of anilines is 1. The molecule has 0 aliphatic rings. The number of nitrogens with two attached hydrogens (primary N) is 1. The Labute approximate surface area is 109 Å². The van der Waals surface area contributed by atoms with E-state index >= 15 is 0 Å². The van der Waals surface area contributed by atoms with Crippen LogP contribution in [0.1, 0.15) is 0 Å². The van der Waals surface area contributed by atoms with Gasteiger partial charge in [-0.25, -0.2) is 8.78 Å². The molecule has 2 N–H and O–H groups in total. The molecule has 0 unspecified atom stereocenters. The van der Waals surface area contributed by atoms with Gasteiger partial charge < -0.3 is 5.73 Å². The molecule has 0 amide bonds. The Morgan fingerprint density at radius 3 is 2.37 bits per heavy atom. The average molecular weight is 255 g/mol. The topological polar surface area (TPSA) is 26.0 Å². The quantitative estimate of drug-likeness (QED) is 0.642. The maximum absolute atomic E-state index is 13.8. The van der Waals surface area contributed by atoms with Crippen molar-refractivity contribution in [2.24, 2.45) is 0 Å². The second-order valence-corrected chi connectivity index (χ2v) is 4.42. The van der Waals surface area contributed by atoms with Gasteiger partial charge in [-0.05, 0) is 40.6 Å². The Balaban J connectivity index is 2.20. The molecule has 0 saturated carbocycles. The van der Waals surface area contributed by atoms with Gasteiger partial charge in [-0.2, -0.15) is 0 Å². The van der Waals surface area contributed by atoms with Crippen molar-refractivity contribution in [2.75, 3.05) is 5.73 Å². The number of halogens is 2. The first-order chi connectivity index (χ1) is 9.15. The first kappa shape index (κ1) is 11.7. The molecule has 0 radical (unpaired) electrons. The Kier molecular flexibility index (Phi) is 2.67. The van der Waals surface area contributed by atoms with Crippen LogP contribution in [0.2, 0.25) is 0 Å². The maximum Gasteiger partial charge on any atom is 0.166 e. The molecule has 0 aliphatic heterocycles. The van der Waals surface area contributed by atoms with Crippen LogP contribution in [0.15, 0.2) is 54.6 Å². The van der Waals surface area contributed by atoms with Crippen molar-refractivity contribution in [1.82, 2.24) is 0 Å². The summed E-state index contributed by atoms with van der Waals surface area (Å²) in [5.41, 5.74) is 7.30. The molecule has 3 heteroatoms. The van der Waals surface area contributed by atoms with E-state index < -0.39 is 11.6 Å². The van der Waals surface area contributed by atoms with E-state index in [4.69, 9.17) is 5.73 Å². The second-order valence-electron chi connectivity index (χ2n) is 4.42. The van der Waals surface area contributed by atoms with Crippen LogP contribution in [-0.2, 0) is 0 Å². The normalized spacial score (nSPS) is 10.8. The molecule has 19 heavy (non-hydrogen) atoms. The molecule has 3 rings (SSSR count). The zero-order valence-corrected chi connectivity index (χ0v) is 10.0. The van der Waals surface area contributed by atoms with E-state index in [9.17, 15) is 8.78 Å². The Bertz CT molecular complexity index is 766. The molecule has 1 nitrogen and oxygen atoms in total. The van der Waals surface area contributed by atoms with Gasteiger partial charge in [-0.3, -0.25) is 0 Å². The van der Waals surface area contributed by atoms with Crippen LogP contribution in [0.25, 0.3) is 21.9 Å². The third-order valence-corrected chi connectivity index (χ3v) is 3.13. The average Bonchev–Trinajstić information content (AvgIpc) is 2.41. The lowest BCUT2D eigenvalue weighted by Gasteiger charge is -2.06. The number of fused-ring (bicyclic) bond motifs is 1. The van der Waals surface area contributed by atoms with Crippen LogP contribution < -0.4 is 5.73 Å². The first-order valence-electron chi connectivity index (χ1n) is 5.89. The van der Waals surface area contributed by atoms with Crippen molar-refractivity contribution in [3.05, 3.63) is 66.2 Å². The van der Waals surface area contributed by atoms with Crippen molar-refractivity contribution < 1.29 is 8.78 Å². The lowest BCUT2D eigenvalue weighted by atomic mass is 10.0. The minimum Gasteiger partial charge on any atom is -0.399 e. The third-order valence-electron chi connectivity index (χ3n) is 3.13. The molecular formula is C16H11F2N. The smallest absolute Gasteiger partial charge is 0.166 e. The number of nitrogen functional groups attached to an aromatic ring is 1. The van der Waals surface area contributed by atoms with Crippen molar-refractivity contribution >= 4 is 16.5 Å². The van der Waals surface area contributed by atoms with Crippen LogP contribution in [0.3, 0.4) is 0 Å². The number of hydrogen-bond donors (Lipinski definition) is 1. The van der Waals surface area contributed by atoms with E-state index in [0.29, 0.717) is 11.3 Å². The Morgan fingerprint density at radius 2 is 1.53 bits per heavy atom. The predicted octanol–water partition coefficient (Wildman–Crippen LogP) is 4.37. The lowest BCUT2D eigenvalue weighted by molar-refractivity contribution is 0.511. The van der Waals surface area contributed by atoms with Crippen molar-refractivity contribution in [1.29, 1.82) is 0 Å². The molecule has 0 heterocycles. The number of rotatable bonds is 1.